The second kappa shape index (κ2) is 6.06. The Morgan fingerprint density at radius 3 is 2.44 bits per heavy atom. The molecule has 18 heavy (non-hydrogen) atoms. The highest BCUT2D eigenvalue weighted by Gasteiger charge is 2.27. The zero-order valence-corrected chi connectivity index (χ0v) is 14.8. The zero-order chi connectivity index (χ0) is 13.3. The Labute approximate surface area is 133 Å². The summed E-state index contributed by atoms with van der Waals surface area (Å²) in [6, 6.07) is 5.67. The van der Waals surface area contributed by atoms with Crippen molar-refractivity contribution in [3.05, 3.63) is 32.7 Å². The Hall–Kier alpha value is 0.130. The molecule has 1 saturated heterocycles. The Kier molecular flexibility index (Phi) is 4.89. The molecule has 2 atom stereocenters. The van der Waals surface area contributed by atoms with Crippen LogP contribution in [0.4, 0.5) is 0 Å². The van der Waals surface area contributed by atoms with Gasteiger partial charge in [-0.15, -0.1) is 0 Å². The summed E-state index contributed by atoms with van der Waals surface area (Å²) in [7, 11) is 0. The van der Waals surface area contributed by atoms with Crippen LogP contribution in [0.25, 0.3) is 0 Å². The van der Waals surface area contributed by atoms with Gasteiger partial charge in [-0.25, -0.2) is 0 Å². The van der Waals surface area contributed by atoms with Gasteiger partial charge in [-0.2, -0.15) is 0 Å². The summed E-state index contributed by atoms with van der Waals surface area (Å²) in [5, 5.41) is 0. The number of halogens is 3. The number of amides is 1. The fourth-order valence-electron chi connectivity index (χ4n) is 2.07. The fraction of sp³-hybridized carbons (Fsp3) is 0.462. The van der Waals surface area contributed by atoms with Gasteiger partial charge in [0.2, 0.25) is 0 Å². The molecule has 0 N–H and O–H groups in total. The lowest BCUT2D eigenvalue weighted by Crippen LogP contribution is -2.43. The summed E-state index contributed by atoms with van der Waals surface area (Å²) in [6.07, 6.45) is 1.05. The Morgan fingerprint density at radius 2 is 1.89 bits per heavy atom. The number of alkyl halides is 1. The fourth-order valence-corrected chi connectivity index (χ4v) is 3.97. The minimum Gasteiger partial charge on any atom is -0.338 e. The third kappa shape index (κ3) is 3.36. The monoisotopic (exact) mass is 437 g/mol. The van der Waals surface area contributed by atoms with Crippen molar-refractivity contribution in [1.82, 2.24) is 4.90 Å². The molecule has 0 spiro atoms. The van der Waals surface area contributed by atoms with E-state index in [4.69, 9.17) is 0 Å². The number of hydrogen-bond donors (Lipinski definition) is 0. The number of hydrogen-bond acceptors (Lipinski definition) is 1. The molecule has 5 heteroatoms. The maximum atomic E-state index is 12.4. The van der Waals surface area contributed by atoms with Crippen LogP contribution < -0.4 is 0 Å². The van der Waals surface area contributed by atoms with E-state index >= 15 is 0 Å². The molecule has 98 valence electrons. The molecule has 1 fully saturated rings. The lowest BCUT2D eigenvalue weighted by Gasteiger charge is -2.34. The van der Waals surface area contributed by atoms with E-state index < -0.39 is 0 Å². The largest absolute Gasteiger partial charge is 0.338 e. The van der Waals surface area contributed by atoms with Crippen LogP contribution in [-0.4, -0.2) is 28.7 Å². The van der Waals surface area contributed by atoms with Crippen molar-refractivity contribution in [3.8, 4) is 0 Å². The van der Waals surface area contributed by atoms with Gasteiger partial charge in [0, 0.05) is 32.4 Å². The first-order valence-corrected chi connectivity index (χ1v) is 8.37. The maximum absolute atomic E-state index is 12.4. The molecular formula is C13H14Br3NO. The minimum absolute atomic E-state index is 0.105. The summed E-state index contributed by atoms with van der Waals surface area (Å²) >= 11 is 10.5. The van der Waals surface area contributed by atoms with Gasteiger partial charge in [0.15, 0.2) is 0 Å². The molecule has 0 saturated carbocycles. The highest BCUT2D eigenvalue weighted by Crippen LogP contribution is 2.26. The number of rotatable bonds is 1. The van der Waals surface area contributed by atoms with Crippen LogP contribution in [-0.2, 0) is 0 Å². The Balaban J connectivity index is 2.16. The van der Waals surface area contributed by atoms with Crippen LogP contribution >= 0.6 is 47.8 Å². The standard InChI is InChI=1S/C13H14Br3NO/c1-8-2-3-17(7-12(8)16)13(18)9-4-10(14)6-11(15)5-9/h4-6,8,12H,2-3,7H2,1H3. The number of benzene rings is 1. The van der Waals surface area contributed by atoms with Crippen LogP contribution in [0.3, 0.4) is 0 Å². The number of likely N-dealkylation sites (tertiary alicyclic amines) is 1. The molecule has 1 heterocycles. The molecule has 0 radical (unpaired) electrons. The lowest BCUT2D eigenvalue weighted by atomic mass is 9.98. The number of carbonyl (C=O) groups is 1. The van der Waals surface area contributed by atoms with Gasteiger partial charge in [0.05, 0.1) is 0 Å². The van der Waals surface area contributed by atoms with Crippen molar-refractivity contribution in [3.63, 3.8) is 0 Å². The first-order chi connectivity index (χ1) is 8.47. The van der Waals surface area contributed by atoms with Crippen LogP contribution in [0, 0.1) is 5.92 Å². The van der Waals surface area contributed by atoms with Crippen molar-refractivity contribution in [2.75, 3.05) is 13.1 Å². The molecule has 0 bridgehead atoms. The summed E-state index contributed by atoms with van der Waals surface area (Å²) in [5.74, 6) is 0.733. The zero-order valence-electron chi connectivity index (χ0n) is 10.00. The van der Waals surface area contributed by atoms with E-state index in [9.17, 15) is 4.79 Å². The first-order valence-electron chi connectivity index (χ1n) is 5.87. The van der Waals surface area contributed by atoms with Gasteiger partial charge in [0.1, 0.15) is 0 Å². The first kappa shape index (κ1) is 14.5. The van der Waals surface area contributed by atoms with E-state index in [1.807, 2.05) is 23.1 Å². The van der Waals surface area contributed by atoms with E-state index in [0.29, 0.717) is 10.7 Å². The van der Waals surface area contributed by atoms with Crippen LogP contribution in [0.2, 0.25) is 0 Å². The molecule has 2 unspecified atom stereocenters. The number of piperidine rings is 1. The average molecular weight is 440 g/mol. The Morgan fingerprint density at radius 1 is 1.28 bits per heavy atom. The van der Waals surface area contributed by atoms with Crippen molar-refractivity contribution in [2.24, 2.45) is 5.92 Å². The normalized spacial score (nSPS) is 24.1. The predicted octanol–water partition coefficient (Wildman–Crippen LogP) is 4.46. The van der Waals surface area contributed by atoms with Gasteiger partial charge < -0.3 is 4.90 Å². The molecule has 1 aliphatic rings. The third-order valence-electron chi connectivity index (χ3n) is 3.26. The summed E-state index contributed by atoms with van der Waals surface area (Å²) in [4.78, 5) is 14.7. The van der Waals surface area contributed by atoms with E-state index in [-0.39, 0.29) is 5.91 Å². The maximum Gasteiger partial charge on any atom is 0.253 e. The van der Waals surface area contributed by atoms with E-state index in [2.05, 4.69) is 54.7 Å². The predicted molar refractivity (Wildman–Crippen MR) is 84.2 cm³/mol. The molecule has 0 aromatic heterocycles. The van der Waals surface area contributed by atoms with Crippen molar-refractivity contribution < 1.29 is 4.79 Å². The number of carbonyl (C=O) groups excluding carboxylic acids is 1. The molecule has 2 rings (SSSR count). The lowest BCUT2D eigenvalue weighted by molar-refractivity contribution is 0.0706. The molecule has 1 aliphatic heterocycles. The number of nitrogens with zero attached hydrogens (tertiary/aromatic N) is 1. The SMILES string of the molecule is CC1CCN(C(=O)c2cc(Br)cc(Br)c2)CC1Br. The minimum atomic E-state index is 0.105. The van der Waals surface area contributed by atoms with Crippen molar-refractivity contribution in [2.45, 2.75) is 18.2 Å². The Bertz CT molecular complexity index is 443. The van der Waals surface area contributed by atoms with Crippen molar-refractivity contribution in [1.29, 1.82) is 0 Å². The van der Waals surface area contributed by atoms with Gasteiger partial charge in [-0.05, 0) is 30.5 Å². The smallest absolute Gasteiger partial charge is 0.253 e. The quantitative estimate of drug-likeness (QED) is 0.592. The molecule has 1 aromatic rings. The van der Waals surface area contributed by atoms with E-state index in [1.165, 1.54) is 0 Å². The van der Waals surface area contributed by atoms with Gasteiger partial charge in [-0.1, -0.05) is 54.7 Å². The second-order valence-electron chi connectivity index (χ2n) is 4.69. The average Bonchev–Trinajstić information content (AvgIpc) is 2.30. The van der Waals surface area contributed by atoms with Crippen molar-refractivity contribution >= 4 is 53.7 Å². The summed E-state index contributed by atoms with van der Waals surface area (Å²) < 4.78 is 1.84. The topological polar surface area (TPSA) is 20.3 Å². The highest BCUT2D eigenvalue weighted by atomic mass is 79.9. The summed E-state index contributed by atoms with van der Waals surface area (Å²) in [6.45, 7) is 3.84. The van der Waals surface area contributed by atoms with E-state index in [0.717, 1.165) is 34.0 Å². The molecule has 1 aromatic carbocycles. The molecule has 1 amide bonds. The molecule has 0 aliphatic carbocycles. The highest BCUT2D eigenvalue weighted by molar-refractivity contribution is 9.11. The van der Waals surface area contributed by atoms with Gasteiger partial charge in [-0.3, -0.25) is 4.79 Å². The molecular weight excluding hydrogens is 426 g/mol. The van der Waals surface area contributed by atoms with Gasteiger partial charge >= 0.3 is 0 Å². The molecule has 2 nitrogen and oxygen atoms in total. The van der Waals surface area contributed by atoms with Crippen LogP contribution in [0.5, 0.6) is 0 Å². The summed E-state index contributed by atoms with van der Waals surface area (Å²) in [5.41, 5.74) is 0.727. The third-order valence-corrected chi connectivity index (χ3v) is 5.37. The van der Waals surface area contributed by atoms with E-state index in [1.54, 1.807) is 0 Å². The van der Waals surface area contributed by atoms with Crippen LogP contribution in [0.1, 0.15) is 23.7 Å². The second-order valence-corrected chi connectivity index (χ2v) is 7.70. The van der Waals surface area contributed by atoms with Gasteiger partial charge in [0.25, 0.3) is 5.91 Å². The van der Waals surface area contributed by atoms with Crippen LogP contribution in [0.15, 0.2) is 27.1 Å².